The summed E-state index contributed by atoms with van der Waals surface area (Å²) in [4.78, 5) is 6.59. The van der Waals surface area contributed by atoms with Crippen molar-refractivity contribution in [2.24, 2.45) is 0 Å². The summed E-state index contributed by atoms with van der Waals surface area (Å²) in [5.74, 6) is -0.368. The average Bonchev–Trinajstić information content (AvgIpc) is 3.23. The van der Waals surface area contributed by atoms with E-state index in [1.165, 1.54) is 50.4 Å². The van der Waals surface area contributed by atoms with Crippen molar-refractivity contribution >= 4 is 31.6 Å². The molecule has 312 valence electrons. The number of alkyl halides is 3. The van der Waals surface area contributed by atoms with Crippen LogP contribution in [0.3, 0.4) is 0 Å². The third kappa shape index (κ3) is 11.2. The first kappa shape index (κ1) is 43.7. The van der Waals surface area contributed by atoms with Crippen molar-refractivity contribution in [1.29, 1.82) is 0 Å². The van der Waals surface area contributed by atoms with Gasteiger partial charge in [0.05, 0.1) is 29.3 Å². The number of hydrazine groups is 1. The van der Waals surface area contributed by atoms with E-state index in [2.05, 4.69) is 35.0 Å². The van der Waals surface area contributed by atoms with Gasteiger partial charge in [0.15, 0.2) is 6.23 Å². The molecule has 0 amide bonds. The summed E-state index contributed by atoms with van der Waals surface area (Å²) in [7, 11) is -4.75. The highest BCUT2D eigenvalue weighted by Crippen LogP contribution is 2.30. The molecule has 2 unspecified atom stereocenters. The van der Waals surface area contributed by atoms with Gasteiger partial charge in [-0.1, -0.05) is 38.1 Å². The first-order chi connectivity index (χ1) is 27.3. The van der Waals surface area contributed by atoms with Gasteiger partial charge in [-0.2, -0.15) is 4.98 Å². The molecule has 2 fully saturated rings. The number of nitrogens with zero attached hydrogens (tertiary/aromatic N) is 4. The van der Waals surface area contributed by atoms with Crippen LogP contribution in [0.4, 0.5) is 24.7 Å². The molecular formula is C38H51F3N8O6S2. The first-order valence-corrected chi connectivity index (χ1v) is 21.5. The van der Waals surface area contributed by atoms with Crippen LogP contribution >= 0.6 is 0 Å². The van der Waals surface area contributed by atoms with Gasteiger partial charge in [-0.15, -0.1) is 0 Å². The Balaban J connectivity index is 0.000000218. The van der Waals surface area contributed by atoms with Crippen LogP contribution in [0.2, 0.25) is 0 Å². The van der Waals surface area contributed by atoms with Crippen molar-refractivity contribution in [1.82, 2.24) is 30.4 Å². The van der Waals surface area contributed by atoms with E-state index in [1.54, 1.807) is 50.5 Å². The van der Waals surface area contributed by atoms with Crippen molar-refractivity contribution < 1.29 is 39.5 Å². The number of nitrogens with one attached hydrogen (secondary N) is 4. The zero-order valence-corrected chi connectivity index (χ0v) is 34.0. The van der Waals surface area contributed by atoms with Crippen LogP contribution in [0.25, 0.3) is 0 Å². The molecule has 1 aromatic heterocycles. The SMILES string of the molecule is COC1C(NS(=O)(=O)c2ccc([C@H](C)CF)cc2)=CC=CN1N1CCNCC1.COc1nc(N2CCNCC2)ccc1NS(=O)(=O)c1ccc(C(C)C(F)F)cc1. The zero-order chi connectivity index (χ0) is 41.2. The maximum Gasteiger partial charge on any atom is 0.262 e. The van der Waals surface area contributed by atoms with E-state index in [0.717, 1.165) is 57.9 Å². The maximum atomic E-state index is 12.8. The lowest BCUT2D eigenvalue weighted by Crippen LogP contribution is -2.56. The molecule has 57 heavy (non-hydrogen) atoms. The smallest absolute Gasteiger partial charge is 0.262 e. The minimum absolute atomic E-state index is 0.0315. The number of piperazine rings is 2. The summed E-state index contributed by atoms with van der Waals surface area (Å²) in [5, 5.41) is 10.6. The monoisotopic (exact) mass is 836 g/mol. The second-order valence-electron chi connectivity index (χ2n) is 13.6. The summed E-state index contributed by atoms with van der Waals surface area (Å²) in [5.41, 5.74) is 1.78. The van der Waals surface area contributed by atoms with Gasteiger partial charge in [-0.3, -0.25) is 18.8 Å². The number of aromatic nitrogens is 1. The van der Waals surface area contributed by atoms with Crippen molar-refractivity contribution in [3.63, 3.8) is 0 Å². The number of allylic oxidation sites excluding steroid dienone is 2. The lowest BCUT2D eigenvalue weighted by molar-refractivity contribution is -0.111. The van der Waals surface area contributed by atoms with Crippen LogP contribution < -0.4 is 29.7 Å². The van der Waals surface area contributed by atoms with E-state index in [1.807, 2.05) is 11.2 Å². The summed E-state index contributed by atoms with van der Waals surface area (Å²) < 4.78 is 106. The predicted molar refractivity (Wildman–Crippen MR) is 213 cm³/mol. The first-order valence-electron chi connectivity index (χ1n) is 18.5. The molecule has 3 aliphatic heterocycles. The van der Waals surface area contributed by atoms with E-state index < -0.39 is 45.3 Å². The maximum absolute atomic E-state index is 12.8. The Hall–Kier alpha value is -4.40. The normalized spacial score (nSPS) is 18.9. The number of sulfonamides is 2. The summed E-state index contributed by atoms with van der Waals surface area (Å²) in [6.45, 7) is 9.27. The molecule has 0 radical (unpaired) electrons. The molecule has 3 aromatic rings. The Morgan fingerprint density at radius 2 is 1.37 bits per heavy atom. The molecule has 0 spiro atoms. The second-order valence-corrected chi connectivity index (χ2v) is 17.0. The minimum Gasteiger partial charge on any atom is -0.479 e. The van der Waals surface area contributed by atoms with Gasteiger partial charge >= 0.3 is 0 Å². The topological polar surface area (TPSA) is 157 Å². The molecule has 0 saturated carbocycles. The Kier molecular flexibility index (Phi) is 15.2. The molecule has 4 N–H and O–H groups in total. The molecule has 2 saturated heterocycles. The summed E-state index contributed by atoms with van der Waals surface area (Å²) in [6, 6.07) is 15.1. The third-order valence-corrected chi connectivity index (χ3v) is 12.5. The van der Waals surface area contributed by atoms with Gasteiger partial charge in [0.1, 0.15) is 11.5 Å². The predicted octanol–water partition coefficient (Wildman–Crippen LogP) is 4.21. The zero-order valence-electron chi connectivity index (χ0n) is 32.4. The number of hydrogen-bond acceptors (Lipinski definition) is 12. The number of anilines is 2. The molecule has 4 heterocycles. The standard InChI is InChI=1S/C19H24F2N4O3S.C19H27FN4O3S/c1-13(18(20)21)14-3-5-15(6-4-14)29(26,27)24-16-7-8-17(23-19(16)28-2)25-11-9-22-10-12-25;1-15(14-20)16-5-7-17(8-6-16)28(25,26)22-18-4-3-11-24(19(18)27-2)23-12-9-21-10-13-23/h3-8,13,18,22,24H,9-12H2,1-2H3;3-8,11,15,19,21-22H,9-10,12-14H2,1-2H3/t;15-,19?/m.1/s1. The van der Waals surface area contributed by atoms with Gasteiger partial charge < -0.3 is 25.0 Å². The lowest BCUT2D eigenvalue weighted by atomic mass is 10.0. The molecule has 0 bridgehead atoms. The van der Waals surface area contributed by atoms with Gasteiger partial charge in [0, 0.05) is 77.5 Å². The Bertz CT molecular complexity index is 2050. The van der Waals surface area contributed by atoms with Crippen LogP contribution in [0.1, 0.15) is 36.8 Å². The molecule has 0 aliphatic carbocycles. The number of ether oxygens (including phenoxy) is 2. The lowest BCUT2D eigenvalue weighted by Gasteiger charge is -2.42. The Labute approximate surface area is 333 Å². The number of pyridine rings is 1. The molecule has 3 aliphatic rings. The van der Waals surface area contributed by atoms with E-state index in [4.69, 9.17) is 9.47 Å². The van der Waals surface area contributed by atoms with Crippen molar-refractivity contribution in [2.45, 2.75) is 48.1 Å². The third-order valence-electron chi connectivity index (χ3n) is 9.73. The minimum atomic E-state index is -3.93. The fourth-order valence-corrected chi connectivity index (χ4v) is 8.44. The summed E-state index contributed by atoms with van der Waals surface area (Å²) in [6.07, 6.45) is 2.29. The van der Waals surface area contributed by atoms with Gasteiger partial charge in [-0.25, -0.2) is 30.6 Å². The number of benzene rings is 2. The molecule has 2 aromatic carbocycles. The quantitative estimate of drug-likeness (QED) is 0.184. The van der Waals surface area contributed by atoms with Crippen LogP contribution in [0, 0.1) is 0 Å². The van der Waals surface area contributed by atoms with E-state index >= 15 is 0 Å². The molecule has 19 heteroatoms. The number of rotatable bonds is 14. The van der Waals surface area contributed by atoms with E-state index in [-0.39, 0.29) is 27.3 Å². The van der Waals surface area contributed by atoms with Crippen molar-refractivity contribution in [2.75, 3.05) is 82.9 Å². The Morgan fingerprint density at radius 3 is 1.91 bits per heavy atom. The van der Waals surface area contributed by atoms with Crippen molar-refractivity contribution in [3.05, 3.63) is 95.8 Å². The Morgan fingerprint density at radius 1 is 0.807 bits per heavy atom. The molecule has 3 atom stereocenters. The van der Waals surface area contributed by atoms with E-state index in [9.17, 15) is 30.0 Å². The van der Waals surface area contributed by atoms with Crippen LogP contribution in [-0.4, -0.2) is 118 Å². The highest BCUT2D eigenvalue weighted by atomic mass is 32.2. The van der Waals surface area contributed by atoms with Gasteiger partial charge in [0.2, 0.25) is 12.3 Å². The molecular weight excluding hydrogens is 786 g/mol. The average molecular weight is 837 g/mol. The molecule has 14 nitrogen and oxygen atoms in total. The van der Waals surface area contributed by atoms with Crippen LogP contribution in [0.5, 0.6) is 5.88 Å². The number of methoxy groups -OCH3 is 2. The highest BCUT2D eigenvalue weighted by molar-refractivity contribution is 7.92. The fraction of sp³-hybridized carbons (Fsp3) is 0.447. The van der Waals surface area contributed by atoms with Crippen molar-refractivity contribution in [3.8, 4) is 5.88 Å². The number of hydrogen-bond donors (Lipinski definition) is 4. The van der Waals surface area contributed by atoms with E-state index in [0.29, 0.717) is 17.1 Å². The molecule has 6 rings (SSSR count). The van der Waals surface area contributed by atoms with Gasteiger partial charge in [0.25, 0.3) is 20.0 Å². The largest absolute Gasteiger partial charge is 0.479 e. The summed E-state index contributed by atoms with van der Waals surface area (Å²) >= 11 is 0. The number of halogens is 3. The van der Waals surface area contributed by atoms with Crippen LogP contribution in [-0.2, 0) is 24.8 Å². The highest BCUT2D eigenvalue weighted by Gasteiger charge is 2.31. The van der Waals surface area contributed by atoms with Crippen LogP contribution in [0.15, 0.2) is 94.5 Å². The van der Waals surface area contributed by atoms with Gasteiger partial charge in [-0.05, 0) is 59.7 Å². The second kappa shape index (κ2) is 19.8. The fourth-order valence-electron chi connectivity index (χ4n) is 6.30.